The standard InChI is InChI=1S/C11H14F2O2/c1-3-9(14)7(2)15-10-6-4-5-8(12)11(10)13/h4-7,9,14H,3H2,1-2H3. The third-order valence-electron chi connectivity index (χ3n) is 2.19. The summed E-state index contributed by atoms with van der Waals surface area (Å²) in [5.74, 6) is -2.15. The summed E-state index contributed by atoms with van der Waals surface area (Å²) >= 11 is 0. The van der Waals surface area contributed by atoms with Gasteiger partial charge in [0, 0.05) is 0 Å². The van der Waals surface area contributed by atoms with Gasteiger partial charge in [-0.1, -0.05) is 13.0 Å². The van der Waals surface area contributed by atoms with Crippen molar-refractivity contribution in [1.29, 1.82) is 0 Å². The highest BCUT2D eigenvalue weighted by atomic mass is 19.2. The van der Waals surface area contributed by atoms with Gasteiger partial charge in [0.15, 0.2) is 11.6 Å². The highest BCUT2D eigenvalue weighted by Crippen LogP contribution is 2.21. The number of aliphatic hydroxyl groups excluding tert-OH is 1. The Morgan fingerprint density at radius 2 is 2.07 bits per heavy atom. The molecule has 0 aliphatic rings. The molecule has 0 aliphatic heterocycles. The Kier molecular flexibility index (Phi) is 4.03. The zero-order valence-corrected chi connectivity index (χ0v) is 8.71. The van der Waals surface area contributed by atoms with E-state index in [-0.39, 0.29) is 5.75 Å². The van der Waals surface area contributed by atoms with E-state index in [0.29, 0.717) is 6.42 Å². The molecule has 2 atom stereocenters. The van der Waals surface area contributed by atoms with Crippen molar-refractivity contribution in [2.75, 3.05) is 0 Å². The van der Waals surface area contributed by atoms with Gasteiger partial charge < -0.3 is 9.84 Å². The fraction of sp³-hybridized carbons (Fsp3) is 0.455. The minimum atomic E-state index is -1.02. The fourth-order valence-electron chi connectivity index (χ4n) is 1.19. The molecule has 0 saturated heterocycles. The molecule has 2 nitrogen and oxygen atoms in total. The maximum Gasteiger partial charge on any atom is 0.200 e. The lowest BCUT2D eigenvalue weighted by atomic mass is 10.2. The van der Waals surface area contributed by atoms with Crippen molar-refractivity contribution >= 4 is 0 Å². The zero-order chi connectivity index (χ0) is 11.4. The van der Waals surface area contributed by atoms with Gasteiger partial charge in [0.1, 0.15) is 6.10 Å². The van der Waals surface area contributed by atoms with Crippen LogP contribution in [0.4, 0.5) is 8.78 Å². The molecule has 0 aliphatic carbocycles. The van der Waals surface area contributed by atoms with Gasteiger partial charge in [-0.15, -0.1) is 0 Å². The van der Waals surface area contributed by atoms with E-state index >= 15 is 0 Å². The second-order valence-electron chi connectivity index (χ2n) is 3.35. The van der Waals surface area contributed by atoms with Crippen molar-refractivity contribution in [1.82, 2.24) is 0 Å². The first-order valence-electron chi connectivity index (χ1n) is 4.85. The molecule has 0 radical (unpaired) electrons. The zero-order valence-electron chi connectivity index (χ0n) is 8.71. The largest absolute Gasteiger partial charge is 0.485 e. The van der Waals surface area contributed by atoms with Crippen LogP contribution in [0.3, 0.4) is 0 Å². The molecule has 0 saturated carbocycles. The van der Waals surface area contributed by atoms with Gasteiger partial charge in [-0.2, -0.15) is 4.39 Å². The van der Waals surface area contributed by atoms with E-state index < -0.39 is 23.8 Å². The van der Waals surface area contributed by atoms with Crippen LogP contribution in [0.1, 0.15) is 20.3 Å². The van der Waals surface area contributed by atoms with Gasteiger partial charge in [0.25, 0.3) is 0 Å². The molecule has 1 aromatic carbocycles. The molecule has 84 valence electrons. The van der Waals surface area contributed by atoms with Crippen molar-refractivity contribution in [3.8, 4) is 5.75 Å². The van der Waals surface area contributed by atoms with E-state index in [2.05, 4.69) is 0 Å². The van der Waals surface area contributed by atoms with E-state index in [1.54, 1.807) is 13.8 Å². The first-order chi connectivity index (χ1) is 7.06. The van der Waals surface area contributed by atoms with Crippen LogP contribution in [-0.4, -0.2) is 17.3 Å². The Labute approximate surface area is 87.5 Å². The maximum atomic E-state index is 13.1. The minimum Gasteiger partial charge on any atom is -0.485 e. The molecule has 0 bridgehead atoms. The predicted molar refractivity (Wildman–Crippen MR) is 52.7 cm³/mol. The fourth-order valence-corrected chi connectivity index (χ4v) is 1.19. The Balaban J connectivity index is 2.76. The lowest BCUT2D eigenvalue weighted by molar-refractivity contribution is 0.0424. The molecule has 0 heterocycles. The van der Waals surface area contributed by atoms with Gasteiger partial charge in [-0.05, 0) is 25.5 Å². The van der Waals surface area contributed by atoms with Crippen LogP contribution in [0.15, 0.2) is 18.2 Å². The highest BCUT2D eigenvalue weighted by Gasteiger charge is 2.17. The van der Waals surface area contributed by atoms with E-state index in [1.165, 1.54) is 12.1 Å². The van der Waals surface area contributed by atoms with Crippen molar-refractivity contribution < 1.29 is 18.6 Å². The van der Waals surface area contributed by atoms with Crippen LogP contribution in [0, 0.1) is 11.6 Å². The molecule has 1 N–H and O–H groups in total. The summed E-state index contributed by atoms with van der Waals surface area (Å²) in [5.41, 5.74) is 0. The highest BCUT2D eigenvalue weighted by molar-refractivity contribution is 5.25. The van der Waals surface area contributed by atoms with Crippen LogP contribution in [0.5, 0.6) is 5.75 Å². The number of rotatable bonds is 4. The molecule has 4 heteroatoms. The molecule has 0 amide bonds. The minimum absolute atomic E-state index is 0.171. The van der Waals surface area contributed by atoms with Crippen molar-refractivity contribution in [3.63, 3.8) is 0 Å². The van der Waals surface area contributed by atoms with Gasteiger partial charge in [-0.25, -0.2) is 4.39 Å². The Morgan fingerprint density at radius 3 is 2.67 bits per heavy atom. The Hall–Kier alpha value is -1.16. The van der Waals surface area contributed by atoms with Crippen LogP contribution >= 0.6 is 0 Å². The Bertz CT molecular complexity index is 328. The molecule has 1 aromatic rings. The van der Waals surface area contributed by atoms with Gasteiger partial charge in [-0.3, -0.25) is 0 Å². The topological polar surface area (TPSA) is 29.5 Å². The SMILES string of the molecule is CCC(O)C(C)Oc1cccc(F)c1F. The molecular weight excluding hydrogens is 202 g/mol. The summed E-state index contributed by atoms with van der Waals surface area (Å²) in [7, 11) is 0. The van der Waals surface area contributed by atoms with Crippen LogP contribution < -0.4 is 4.74 Å². The first-order valence-corrected chi connectivity index (χ1v) is 4.85. The molecule has 0 aromatic heterocycles. The number of aliphatic hydroxyl groups is 1. The summed E-state index contributed by atoms with van der Waals surface area (Å²) < 4.78 is 31.1. The predicted octanol–water partition coefficient (Wildman–Crippen LogP) is 2.50. The summed E-state index contributed by atoms with van der Waals surface area (Å²) in [5, 5.41) is 9.41. The maximum absolute atomic E-state index is 13.1. The molecule has 0 spiro atoms. The quantitative estimate of drug-likeness (QED) is 0.837. The van der Waals surface area contributed by atoms with E-state index in [0.717, 1.165) is 6.07 Å². The number of hydrogen-bond acceptors (Lipinski definition) is 2. The van der Waals surface area contributed by atoms with E-state index in [9.17, 15) is 13.9 Å². The summed E-state index contributed by atoms with van der Waals surface area (Å²) in [6.45, 7) is 3.39. The third kappa shape index (κ3) is 2.89. The molecule has 15 heavy (non-hydrogen) atoms. The lowest BCUT2D eigenvalue weighted by Gasteiger charge is -2.19. The van der Waals surface area contributed by atoms with Gasteiger partial charge >= 0.3 is 0 Å². The van der Waals surface area contributed by atoms with Crippen LogP contribution in [0.25, 0.3) is 0 Å². The average Bonchev–Trinajstić information content (AvgIpc) is 2.23. The third-order valence-corrected chi connectivity index (χ3v) is 2.19. The van der Waals surface area contributed by atoms with Crippen LogP contribution in [0.2, 0.25) is 0 Å². The number of halogens is 2. The Morgan fingerprint density at radius 1 is 1.40 bits per heavy atom. The number of benzene rings is 1. The summed E-state index contributed by atoms with van der Waals surface area (Å²) in [6, 6.07) is 3.71. The monoisotopic (exact) mass is 216 g/mol. The van der Waals surface area contributed by atoms with Gasteiger partial charge in [0.2, 0.25) is 5.82 Å². The van der Waals surface area contributed by atoms with E-state index in [4.69, 9.17) is 4.74 Å². The van der Waals surface area contributed by atoms with Crippen molar-refractivity contribution in [3.05, 3.63) is 29.8 Å². The normalized spacial score (nSPS) is 14.7. The summed E-state index contributed by atoms with van der Waals surface area (Å²) in [4.78, 5) is 0. The smallest absolute Gasteiger partial charge is 0.200 e. The second-order valence-corrected chi connectivity index (χ2v) is 3.35. The number of hydrogen-bond donors (Lipinski definition) is 1. The van der Waals surface area contributed by atoms with Crippen molar-refractivity contribution in [2.45, 2.75) is 32.5 Å². The van der Waals surface area contributed by atoms with Crippen LogP contribution in [-0.2, 0) is 0 Å². The molecule has 1 rings (SSSR count). The second kappa shape index (κ2) is 5.07. The number of ether oxygens (including phenoxy) is 1. The average molecular weight is 216 g/mol. The lowest BCUT2D eigenvalue weighted by Crippen LogP contribution is -2.28. The molecule has 2 unspecified atom stereocenters. The molecular formula is C11H14F2O2. The van der Waals surface area contributed by atoms with Crippen molar-refractivity contribution in [2.24, 2.45) is 0 Å². The van der Waals surface area contributed by atoms with E-state index in [1.807, 2.05) is 0 Å². The first kappa shape index (κ1) is 11.9. The molecule has 0 fully saturated rings. The van der Waals surface area contributed by atoms with Gasteiger partial charge in [0.05, 0.1) is 6.10 Å². The summed E-state index contributed by atoms with van der Waals surface area (Å²) in [6.07, 6.45) is -0.753.